The van der Waals surface area contributed by atoms with E-state index in [0.29, 0.717) is 34.4 Å². The molecule has 0 bridgehead atoms. The Morgan fingerprint density at radius 1 is 1.47 bits per heavy atom. The quantitative estimate of drug-likeness (QED) is 0.870. The molecule has 0 radical (unpaired) electrons. The molecule has 1 N–H and O–H groups in total. The summed E-state index contributed by atoms with van der Waals surface area (Å²) < 4.78 is 5.42. The van der Waals surface area contributed by atoms with E-state index < -0.39 is 5.97 Å². The van der Waals surface area contributed by atoms with E-state index in [-0.39, 0.29) is 0 Å². The Morgan fingerprint density at radius 2 is 2.26 bits per heavy atom. The van der Waals surface area contributed by atoms with Crippen LogP contribution in [0.1, 0.15) is 18.4 Å². The number of carboxylic acid groups (broad SMARTS) is 1. The van der Waals surface area contributed by atoms with Crippen molar-refractivity contribution >= 4 is 23.6 Å². The van der Waals surface area contributed by atoms with Gasteiger partial charge in [0.25, 0.3) is 0 Å². The summed E-state index contributed by atoms with van der Waals surface area (Å²) in [6.07, 6.45) is 3.13. The lowest BCUT2D eigenvalue weighted by molar-refractivity contribution is -0.131. The average molecular weight is 279 g/mol. The van der Waals surface area contributed by atoms with Crippen LogP contribution in [0.25, 0.3) is 17.5 Å². The van der Waals surface area contributed by atoms with Crippen molar-refractivity contribution in [2.24, 2.45) is 0 Å². The first kappa shape index (κ1) is 13.3. The highest BCUT2D eigenvalue weighted by Crippen LogP contribution is 2.25. The van der Waals surface area contributed by atoms with E-state index in [1.54, 1.807) is 18.2 Å². The second-order valence-electron chi connectivity index (χ2n) is 3.76. The maximum Gasteiger partial charge on any atom is 0.328 e. The first-order chi connectivity index (χ1) is 9.10. The predicted octanol–water partition coefficient (Wildman–Crippen LogP) is 3.05. The van der Waals surface area contributed by atoms with Crippen molar-refractivity contribution in [1.29, 1.82) is 0 Å². The van der Waals surface area contributed by atoms with E-state index in [0.717, 1.165) is 6.08 Å². The van der Waals surface area contributed by atoms with Crippen LogP contribution in [0.2, 0.25) is 5.02 Å². The van der Waals surface area contributed by atoms with Crippen LogP contribution < -0.4 is 0 Å². The standard InChI is InChI=1S/C13H11ClN2O3/c1-2-11-15-16-13(19-11)9-4-3-8(10(14)7-9)5-6-12(17)18/h3-7H,2H2,1H3,(H,17,18)/b6-5+. The van der Waals surface area contributed by atoms with Crippen LogP contribution in [0.15, 0.2) is 28.7 Å². The second-order valence-corrected chi connectivity index (χ2v) is 4.17. The van der Waals surface area contributed by atoms with Crippen molar-refractivity contribution in [2.45, 2.75) is 13.3 Å². The molecule has 0 saturated carbocycles. The number of rotatable bonds is 4. The minimum atomic E-state index is -1.02. The van der Waals surface area contributed by atoms with Crippen LogP contribution in [0.4, 0.5) is 0 Å². The van der Waals surface area contributed by atoms with Gasteiger partial charge in [-0.25, -0.2) is 4.79 Å². The highest BCUT2D eigenvalue weighted by Gasteiger charge is 2.09. The zero-order chi connectivity index (χ0) is 13.8. The molecule has 1 heterocycles. The molecule has 0 atom stereocenters. The first-order valence-electron chi connectivity index (χ1n) is 5.63. The number of carboxylic acids is 1. The van der Waals surface area contributed by atoms with E-state index in [1.807, 2.05) is 6.92 Å². The number of hydrogen-bond donors (Lipinski definition) is 1. The maximum atomic E-state index is 10.4. The fraction of sp³-hybridized carbons (Fsp3) is 0.154. The maximum absolute atomic E-state index is 10.4. The third kappa shape index (κ3) is 3.20. The number of aryl methyl sites for hydroxylation is 1. The molecule has 0 amide bonds. The molecule has 5 nitrogen and oxygen atoms in total. The summed E-state index contributed by atoms with van der Waals surface area (Å²) in [6.45, 7) is 1.92. The van der Waals surface area contributed by atoms with Crippen molar-refractivity contribution in [1.82, 2.24) is 10.2 Å². The van der Waals surface area contributed by atoms with Crippen LogP contribution >= 0.6 is 11.6 Å². The van der Waals surface area contributed by atoms with Gasteiger partial charge in [-0.2, -0.15) is 0 Å². The lowest BCUT2D eigenvalue weighted by Gasteiger charge is -2.00. The molecule has 2 aromatic rings. The van der Waals surface area contributed by atoms with Crippen LogP contribution in [0, 0.1) is 0 Å². The summed E-state index contributed by atoms with van der Waals surface area (Å²) >= 11 is 6.07. The molecule has 0 fully saturated rings. The fourth-order valence-electron chi connectivity index (χ4n) is 1.47. The molecule has 2 rings (SSSR count). The van der Waals surface area contributed by atoms with Gasteiger partial charge in [-0.3, -0.25) is 0 Å². The van der Waals surface area contributed by atoms with Crippen molar-refractivity contribution in [3.63, 3.8) is 0 Å². The van der Waals surface area contributed by atoms with Gasteiger partial charge in [0.05, 0.1) is 0 Å². The Labute approximate surface area is 114 Å². The molecule has 1 aromatic heterocycles. The molecule has 1 aromatic carbocycles. The highest BCUT2D eigenvalue weighted by molar-refractivity contribution is 6.32. The number of aliphatic carboxylic acids is 1. The molecule has 0 spiro atoms. The summed E-state index contributed by atoms with van der Waals surface area (Å²) in [5, 5.41) is 16.8. The number of carbonyl (C=O) groups is 1. The molecule has 6 heteroatoms. The lowest BCUT2D eigenvalue weighted by Crippen LogP contribution is -1.86. The summed E-state index contributed by atoms with van der Waals surface area (Å²) in [5.41, 5.74) is 1.31. The van der Waals surface area contributed by atoms with Crippen molar-refractivity contribution < 1.29 is 14.3 Å². The molecule has 0 aliphatic carbocycles. The van der Waals surface area contributed by atoms with E-state index in [9.17, 15) is 4.79 Å². The topological polar surface area (TPSA) is 76.2 Å². The van der Waals surface area contributed by atoms with Gasteiger partial charge >= 0.3 is 5.97 Å². The summed E-state index contributed by atoms with van der Waals surface area (Å²) in [5.74, 6) is -0.0712. The molecule has 0 unspecified atom stereocenters. The summed E-state index contributed by atoms with van der Waals surface area (Å²) in [4.78, 5) is 10.4. The van der Waals surface area contributed by atoms with Crippen LogP contribution in [-0.2, 0) is 11.2 Å². The van der Waals surface area contributed by atoms with Crippen LogP contribution in [0.5, 0.6) is 0 Å². The van der Waals surface area contributed by atoms with E-state index in [4.69, 9.17) is 21.1 Å². The number of aromatic nitrogens is 2. The Kier molecular flexibility index (Phi) is 3.97. The van der Waals surface area contributed by atoms with Gasteiger partial charge in [0, 0.05) is 23.1 Å². The zero-order valence-corrected chi connectivity index (χ0v) is 10.9. The largest absolute Gasteiger partial charge is 0.478 e. The lowest BCUT2D eigenvalue weighted by atomic mass is 10.1. The van der Waals surface area contributed by atoms with Gasteiger partial charge in [0.2, 0.25) is 11.8 Å². The van der Waals surface area contributed by atoms with Gasteiger partial charge in [0.1, 0.15) is 0 Å². The molecule has 19 heavy (non-hydrogen) atoms. The number of nitrogens with zero attached hydrogens (tertiary/aromatic N) is 2. The second kappa shape index (κ2) is 5.67. The molecular weight excluding hydrogens is 268 g/mol. The highest BCUT2D eigenvalue weighted by atomic mass is 35.5. The Hall–Kier alpha value is -2.14. The van der Waals surface area contributed by atoms with Gasteiger partial charge in [-0.15, -0.1) is 10.2 Å². The first-order valence-corrected chi connectivity index (χ1v) is 6.01. The summed E-state index contributed by atoms with van der Waals surface area (Å²) in [6, 6.07) is 5.11. The Balaban J connectivity index is 2.30. The van der Waals surface area contributed by atoms with E-state index in [1.165, 1.54) is 6.08 Å². The SMILES string of the molecule is CCc1nnc(-c2ccc(/C=C/C(=O)O)c(Cl)c2)o1. The fourth-order valence-corrected chi connectivity index (χ4v) is 1.71. The minimum absolute atomic E-state index is 0.396. The number of halogens is 1. The average Bonchev–Trinajstić information content (AvgIpc) is 2.85. The van der Waals surface area contributed by atoms with E-state index in [2.05, 4.69) is 10.2 Å². The van der Waals surface area contributed by atoms with Gasteiger partial charge in [-0.05, 0) is 23.8 Å². The number of benzene rings is 1. The molecule has 98 valence electrons. The van der Waals surface area contributed by atoms with Crippen LogP contribution in [0.3, 0.4) is 0 Å². The van der Waals surface area contributed by atoms with Gasteiger partial charge in [-0.1, -0.05) is 24.6 Å². The van der Waals surface area contributed by atoms with E-state index >= 15 is 0 Å². The zero-order valence-electron chi connectivity index (χ0n) is 10.1. The predicted molar refractivity (Wildman–Crippen MR) is 70.8 cm³/mol. The summed E-state index contributed by atoms with van der Waals surface area (Å²) in [7, 11) is 0. The monoisotopic (exact) mass is 278 g/mol. The molecule has 0 aliphatic heterocycles. The molecular formula is C13H11ClN2O3. The Bertz CT molecular complexity index is 635. The van der Waals surface area contributed by atoms with Crippen molar-refractivity contribution in [3.05, 3.63) is 40.8 Å². The van der Waals surface area contributed by atoms with Crippen LogP contribution in [-0.4, -0.2) is 21.3 Å². The van der Waals surface area contributed by atoms with Crippen molar-refractivity contribution in [2.75, 3.05) is 0 Å². The van der Waals surface area contributed by atoms with Gasteiger partial charge < -0.3 is 9.52 Å². The van der Waals surface area contributed by atoms with Crippen molar-refractivity contribution in [3.8, 4) is 11.5 Å². The number of hydrogen-bond acceptors (Lipinski definition) is 4. The third-order valence-electron chi connectivity index (χ3n) is 2.42. The molecule has 0 aliphatic rings. The third-order valence-corrected chi connectivity index (χ3v) is 2.75. The van der Waals surface area contributed by atoms with Gasteiger partial charge in [0.15, 0.2) is 0 Å². The minimum Gasteiger partial charge on any atom is -0.478 e. The Morgan fingerprint density at radius 3 is 2.84 bits per heavy atom. The normalized spacial score (nSPS) is 11.1. The molecule has 0 saturated heterocycles. The smallest absolute Gasteiger partial charge is 0.328 e.